The van der Waals surface area contributed by atoms with Gasteiger partial charge in [0.1, 0.15) is 17.2 Å². The quantitative estimate of drug-likeness (QED) is 0.695. The maximum atomic E-state index is 10.8. The van der Waals surface area contributed by atoms with Gasteiger partial charge in [-0.1, -0.05) is 30.3 Å². The average Bonchev–Trinajstić information content (AvgIpc) is 2.48. The van der Waals surface area contributed by atoms with Gasteiger partial charge in [0.2, 0.25) is 0 Å². The fraction of sp³-hybridized carbons (Fsp3) is 0.235. The van der Waals surface area contributed by atoms with Gasteiger partial charge in [0.05, 0.1) is 6.61 Å². The summed E-state index contributed by atoms with van der Waals surface area (Å²) in [5, 5.41) is 2.98. The molecular formula is C17H18ClNO3S. The molecule has 0 saturated carbocycles. The molecule has 122 valence electrons. The number of ether oxygens (including phenoxy) is 2. The highest BCUT2D eigenvalue weighted by Crippen LogP contribution is 2.25. The minimum Gasteiger partial charge on any atom is -0.494 e. The van der Waals surface area contributed by atoms with Crippen LogP contribution in [0.4, 0.5) is 4.79 Å². The SMILES string of the molecule is CC(CCOc1ccc(Oc2cccc(Cl)c2)cc1)NC(=O)S. The monoisotopic (exact) mass is 351 g/mol. The molecule has 2 aromatic carbocycles. The molecule has 0 saturated heterocycles. The van der Waals surface area contributed by atoms with Crippen LogP contribution in [0.5, 0.6) is 17.2 Å². The number of amides is 1. The molecule has 0 spiro atoms. The summed E-state index contributed by atoms with van der Waals surface area (Å²) in [6.07, 6.45) is 0.701. The Bertz CT molecular complexity index is 649. The predicted molar refractivity (Wildman–Crippen MR) is 95.1 cm³/mol. The van der Waals surface area contributed by atoms with Crippen LogP contribution in [0.2, 0.25) is 5.02 Å². The normalized spacial score (nSPS) is 11.6. The van der Waals surface area contributed by atoms with E-state index in [9.17, 15) is 4.79 Å². The van der Waals surface area contributed by atoms with Gasteiger partial charge in [0, 0.05) is 17.5 Å². The van der Waals surface area contributed by atoms with Gasteiger partial charge >= 0.3 is 0 Å². The fourth-order valence-electron chi connectivity index (χ4n) is 1.91. The van der Waals surface area contributed by atoms with Gasteiger partial charge in [-0.2, -0.15) is 0 Å². The lowest BCUT2D eigenvalue weighted by atomic mass is 10.2. The first-order valence-corrected chi connectivity index (χ1v) is 8.01. The molecule has 2 aromatic rings. The highest BCUT2D eigenvalue weighted by molar-refractivity contribution is 7.96. The first-order valence-electron chi connectivity index (χ1n) is 7.18. The molecule has 0 heterocycles. The first kappa shape index (κ1) is 17.5. The van der Waals surface area contributed by atoms with Crippen molar-refractivity contribution in [1.29, 1.82) is 0 Å². The van der Waals surface area contributed by atoms with Crippen molar-refractivity contribution in [3.63, 3.8) is 0 Å². The third-order valence-electron chi connectivity index (χ3n) is 3.04. The Kier molecular flexibility index (Phi) is 6.62. The highest BCUT2D eigenvalue weighted by Gasteiger charge is 2.04. The van der Waals surface area contributed by atoms with Gasteiger partial charge < -0.3 is 14.8 Å². The number of benzene rings is 2. The molecule has 0 radical (unpaired) electrons. The zero-order valence-corrected chi connectivity index (χ0v) is 14.3. The van der Waals surface area contributed by atoms with Gasteiger partial charge in [-0.25, -0.2) is 0 Å². The summed E-state index contributed by atoms with van der Waals surface area (Å²) in [4.78, 5) is 10.8. The number of hydrogen-bond acceptors (Lipinski definition) is 3. The molecule has 0 fully saturated rings. The molecular weight excluding hydrogens is 334 g/mol. The van der Waals surface area contributed by atoms with Gasteiger partial charge in [0.25, 0.3) is 5.24 Å². The molecule has 23 heavy (non-hydrogen) atoms. The molecule has 1 unspecified atom stereocenters. The molecule has 0 aliphatic heterocycles. The van der Waals surface area contributed by atoms with Crippen LogP contribution in [0.3, 0.4) is 0 Å². The number of thiol groups is 1. The van der Waals surface area contributed by atoms with Crippen LogP contribution in [0.15, 0.2) is 48.5 Å². The smallest absolute Gasteiger partial charge is 0.276 e. The van der Waals surface area contributed by atoms with Crippen molar-refractivity contribution in [2.24, 2.45) is 0 Å². The van der Waals surface area contributed by atoms with Crippen LogP contribution in [0.25, 0.3) is 0 Å². The van der Waals surface area contributed by atoms with Crippen LogP contribution in [0.1, 0.15) is 13.3 Å². The molecule has 2 rings (SSSR count). The van der Waals surface area contributed by atoms with E-state index < -0.39 is 0 Å². The van der Waals surface area contributed by atoms with Crippen molar-refractivity contribution in [2.45, 2.75) is 19.4 Å². The van der Waals surface area contributed by atoms with Crippen molar-refractivity contribution in [2.75, 3.05) is 6.61 Å². The number of hydrogen-bond donors (Lipinski definition) is 2. The second-order valence-electron chi connectivity index (χ2n) is 5.02. The van der Waals surface area contributed by atoms with Crippen LogP contribution in [-0.2, 0) is 0 Å². The van der Waals surface area contributed by atoms with Gasteiger partial charge in [0.15, 0.2) is 0 Å². The minimum absolute atomic E-state index is 0.0189. The number of carbonyl (C=O) groups is 1. The van der Waals surface area contributed by atoms with Crippen LogP contribution < -0.4 is 14.8 Å². The van der Waals surface area contributed by atoms with Crippen molar-refractivity contribution in [3.05, 3.63) is 53.6 Å². The molecule has 1 N–H and O–H groups in total. The second kappa shape index (κ2) is 8.70. The van der Waals surface area contributed by atoms with E-state index in [0.29, 0.717) is 29.5 Å². The number of nitrogens with one attached hydrogen (secondary N) is 1. The lowest BCUT2D eigenvalue weighted by molar-refractivity contribution is 0.253. The Morgan fingerprint density at radius 3 is 2.52 bits per heavy atom. The molecule has 6 heteroatoms. The van der Waals surface area contributed by atoms with E-state index >= 15 is 0 Å². The van der Waals surface area contributed by atoms with Crippen LogP contribution >= 0.6 is 24.2 Å². The zero-order valence-electron chi connectivity index (χ0n) is 12.7. The Labute approximate surface area is 146 Å². The molecule has 0 aliphatic carbocycles. The second-order valence-corrected chi connectivity index (χ2v) is 5.86. The first-order chi connectivity index (χ1) is 11.0. The van der Waals surface area contributed by atoms with Crippen molar-refractivity contribution >= 4 is 29.5 Å². The number of carbonyl (C=O) groups excluding carboxylic acids is 1. The Hall–Kier alpha value is -1.85. The summed E-state index contributed by atoms with van der Waals surface area (Å²) >= 11 is 9.59. The lowest BCUT2D eigenvalue weighted by Gasteiger charge is -2.13. The largest absolute Gasteiger partial charge is 0.494 e. The van der Waals surface area contributed by atoms with Crippen molar-refractivity contribution in [3.8, 4) is 17.2 Å². The summed E-state index contributed by atoms with van der Waals surface area (Å²) in [6, 6.07) is 14.6. The molecule has 1 atom stereocenters. The van der Waals surface area contributed by atoms with E-state index in [-0.39, 0.29) is 11.3 Å². The summed E-state index contributed by atoms with van der Waals surface area (Å²) in [7, 11) is 0. The Morgan fingerprint density at radius 1 is 1.17 bits per heavy atom. The van der Waals surface area contributed by atoms with Gasteiger partial charge in [-0.15, -0.1) is 0 Å². The van der Waals surface area contributed by atoms with Gasteiger partial charge in [-0.05, 0) is 49.4 Å². The molecule has 4 nitrogen and oxygen atoms in total. The zero-order chi connectivity index (χ0) is 16.7. The van der Waals surface area contributed by atoms with E-state index in [1.165, 1.54) is 0 Å². The van der Waals surface area contributed by atoms with E-state index in [4.69, 9.17) is 21.1 Å². The van der Waals surface area contributed by atoms with Crippen LogP contribution in [0, 0.1) is 0 Å². The maximum Gasteiger partial charge on any atom is 0.276 e. The molecule has 0 aromatic heterocycles. The standard InChI is InChI=1S/C17H18ClNO3S/c1-12(19-17(20)23)9-10-21-14-5-7-15(8-6-14)22-16-4-2-3-13(18)11-16/h2-8,11-12H,9-10H2,1H3,(H2,19,20,23). The van der Waals surface area contributed by atoms with Gasteiger partial charge in [-0.3, -0.25) is 4.79 Å². The molecule has 1 amide bonds. The van der Waals surface area contributed by atoms with Crippen molar-refractivity contribution < 1.29 is 14.3 Å². The highest BCUT2D eigenvalue weighted by atomic mass is 35.5. The Morgan fingerprint density at radius 2 is 1.87 bits per heavy atom. The maximum absolute atomic E-state index is 10.8. The van der Waals surface area contributed by atoms with E-state index in [1.54, 1.807) is 12.1 Å². The lowest BCUT2D eigenvalue weighted by Crippen LogP contribution is -2.29. The van der Waals surface area contributed by atoms with E-state index in [1.807, 2.05) is 43.3 Å². The summed E-state index contributed by atoms with van der Waals surface area (Å²) in [6.45, 7) is 2.41. The van der Waals surface area contributed by atoms with E-state index in [0.717, 1.165) is 5.75 Å². The third-order valence-corrected chi connectivity index (χ3v) is 3.41. The molecule has 0 bridgehead atoms. The number of rotatable bonds is 7. The topological polar surface area (TPSA) is 47.6 Å². The fourth-order valence-corrected chi connectivity index (χ4v) is 2.31. The van der Waals surface area contributed by atoms with E-state index in [2.05, 4.69) is 17.9 Å². The van der Waals surface area contributed by atoms with Crippen molar-refractivity contribution in [1.82, 2.24) is 5.32 Å². The average molecular weight is 352 g/mol. The van der Waals surface area contributed by atoms with Crippen LogP contribution in [-0.4, -0.2) is 17.9 Å². The summed E-state index contributed by atoms with van der Waals surface area (Å²) in [5.41, 5.74) is 0. The third kappa shape index (κ3) is 6.42. The predicted octanol–water partition coefficient (Wildman–Crippen LogP) is 4.93. The Balaban J connectivity index is 1.81. The molecule has 0 aliphatic rings. The minimum atomic E-state index is -0.333. The number of halogens is 1. The summed E-state index contributed by atoms with van der Waals surface area (Å²) in [5.74, 6) is 2.13. The summed E-state index contributed by atoms with van der Waals surface area (Å²) < 4.78 is 11.3.